The van der Waals surface area contributed by atoms with Crippen LogP contribution < -0.4 is 0 Å². The van der Waals surface area contributed by atoms with Gasteiger partial charge in [0, 0.05) is 33.4 Å². The first kappa shape index (κ1) is 11.0. The fraction of sp³-hybridized carbons (Fsp3) is 0.833. The molecule has 3 nitrogen and oxygen atoms in total. The molecule has 0 aromatic carbocycles. The molecule has 1 fully saturated rings. The van der Waals surface area contributed by atoms with Crippen LogP contribution in [0.3, 0.4) is 0 Å². The summed E-state index contributed by atoms with van der Waals surface area (Å²) in [5.74, 6) is 0.934. The quantitative estimate of drug-likeness (QED) is 0.680. The van der Waals surface area contributed by atoms with Crippen LogP contribution in [0, 0.1) is 5.92 Å². The largest absolute Gasteiger partial charge is 0.316 e. The predicted molar refractivity (Wildman–Crippen MR) is 63.3 cm³/mol. The predicted octanol–water partition coefficient (Wildman–Crippen LogP) is 1.39. The van der Waals surface area contributed by atoms with Crippen LogP contribution in [0.5, 0.6) is 0 Å². The molecule has 15 heavy (non-hydrogen) atoms. The lowest BCUT2D eigenvalue weighted by atomic mass is 9.99. The van der Waals surface area contributed by atoms with Gasteiger partial charge in [0.1, 0.15) is 0 Å². The van der Waals surface area contributed by atoms with Gasteiger partial charge in [-0.2, -0.15) is 0 Å². The Morgan fingerprint density at radius 2 is 1.93 bits per heavy atom. The summed E-state index contributed by atoms with van der Waals surface area (Å²) in [6.07, 6.45) is 5.02. The van der Waals surface area contributed by atoms with E-state index >= 15 is 0 Å². The van der Waals surface area contributed by atoms with E-state index in [1.54, 1.807) is 5.57 Å². The zero-order valence-electron chi connectivity index (χ0n) is 10.2. The Labute approximate surface area is 93.3 Å². The number of hydrazine groups is 1. The molecule has 86 valence electrons. The second-order valence-corrected chi connectivity index (χ2v) is 5.14. The summed E-state index contributed by atoms with van der Waals surface area (Å²) in [6, 6.07) is 0. The van der Waals surface area contributed by atoms with Gasteiger partial charge in [-0.15, -0.1) is 0 Å². The number of hydrogen-bond acceptors (Lipinski definition) is 3. The topological polar surface area (TPSA) is 9.72 Å². The third-order valence-electron chi connectivity index (χ3n) is 3.64. The number of likely N-dealkylation sites (tertiary alicyclic amines) is 1. The summed E-state index contributed by atoms with van der Waals surface area (Å²) in [6.45, 7) is 7.20. The Bertz CT molecular complexity index is 241. The first-order chi connectivity index (χ1) is 7.15. The minimum absolute atomic E-state index is 0.934. The molecule has 3 heteroatoms. The van der Waals surface area contributed by atoms with Gasteiger partial charge in [-0.25, -0.2) is 5.01 Å². The maximum atomic E-state index is 2.60. The Morgan fingerprint density at radius 1 is 1.27 bits per heavy atom. The molecular formula is C12H23N3. The maximum absolute atomic E-state index is 2.60. The number of nitrogens with zero attached hydrogens (tertiary/aromatic N) is 3. The van der Waals surface area contributed by atoms with E-state index in [-0.39, 0.29) is 0 Å². The molecular weight excluding hydrogens is 186 g/mol. The lowest BCUT2D eigenvalue weighted by Gasteiger charge is -2.30. The van der Waals surface area contributed by atoms with Crippen molar-refractivity contribution in [2.24, 2.45) is 5.92 Å². The molecule has 2 aliphatic heterocycles. The first-order valence-electron chi connectivity index (χ1n) is 6.01. The minimum Gasteiger partial charge on any atom is -0.316 e. The van der Waals surface area contributed by atoms with Crippen molar-refractivity contribution >= 4 is 0 Å². The van der Waals surface area contributed by atoms with E-state index in [9.17, 15) is 0 Å². The molecule has 1 saturated heterocycles. The molecule has 2 heterocycles. The first-order valence-corrected chi connectivity index (χ1v) is 6.01. The van der Waals surface area contributed by atoms with Crippen LogP contribution in [-0.2, 0) is 0 Å². The van der Waals surface area contributed by atoms with Crippen molar-refractivity contribution in [2.45, 2.75) is 19.8 Å². The van der Waals surface area contributed by atoms with Gasteiger partial charge in [-0.1, -0.05) is 6.92 Å². The third kappa shape index (κ3) is 2.73. The van der Waals surface area contributed by atoms with Crippen LogP contribution >= 0.6 is 0 Å². The van der Waals surface area contributed by atoms with Crippen LogP contribution in [0.4, 0.5) is 0 Å². The Morgan fingerprint density at radius 3 is 2.47 bits per heavy atom. The van der Waals surface area contributed by atoms with Crippen LogP contribution in [0.25, 0.3) is 0 Å². The summed E-state index contributed by atoms with van der Waals surface area (Å²) < 4.78 is 0. The molecule has 0 radical (unpaired) electrons. The Hall–Kier alpha value is -0.540. The highest BCUT2D eigenvalue weighted by Gasteiger charge is 2.20. The van der Waals surface area contributed by atoms with Crippen molar-refractivity contribution in [3.63, 3.8) is 0 Å². The zero-order chi connectivity index (χ0) is 10.8. The smallest absolute Gasteiger partial charge is 0.0418 e. The van der Waals surface area contributed by atoms with Gasteiger partial charge in [-0.05, 0) is 37.4 Å². The summed E-state index contributed by atoms with van der Waals surface area (Å²) in [4.78, 5) is 2.60. The van der Waals surface area contributed by atoms with Gasteiger partial charge >= 0.3 is 0 Å². The number of piperidine rings is 1. The molecule has 2 rings (SSSR count). The van der Waals surface area contributed by atoms with Crippen molar-refractivity contribution < 1.29 is 0 Å². The Balaban J connectivity index is 1.80. The van der Waals surface area contributed by atoms with E-state index in [2.05, 4.69) is 42.1 Å². The normalized spacial score (nSPS) is 26.1. The third-order valence-corrected chi connectivity index (χ3v) is 3.64. The van der Waals surface area contributed by atoms with E-state index < -0.39 is 0 Å². The maximum Gasteiger partial charge on any atom is 0.0418 e. The van der Waals surface area contributed by atoms with E-state index in [0.29, 0.717) is 0 Å². The average molecular weight is 209 g/mol. The Kier molecular flexibility index (Phi) is 3.32. The van der Waals surface area contributed by atoms with Crippen LogP contribution in [0.2, 0.25) is 0 Å². The van der Waals surface area contributed by atoms with Gasteiger partial charge in [-0.3, -0.25) is 4.90 Å². The summed E-state index contributed by atoms with van der Waals surface area (Å²) >= 11 is 0. The highest BCUT2D eigenvalue weighted by atomic mass is 15.6. The van der Waals surface area contributed by atoms with Crippen LogP contribution in [-0.4, -0.2) is 55.2 Å². The lowest BCUT2D eigenvalue weighted by Crippen LogP contribution is -2.35. The summed E-state index contributed by atoms with van der Waals surface area (Å²) in [5, 5.41) is 4.43. The minimum atomic E-state index is 0.934. The monoisotopic (exact) mass is 209 g/mol. The van der Waals surface area contributed by atoms with E-state index in [1.807, 2.05) is 0 Å². The van der Waals surface area contributed by atoms with Gasteiger partial charge in [0.15, 0.2) is 0 Å². The molecule has 0 aromatic rings. The molecule has 0 saturated carbocycles. The van der Waals surface area contributed by atoms with Crippen molar-refractivity contribution in [3.8, 4) is 0 Å². The van der Waals surface area contributed by atoms with Crippen molar-refractivity contribution in [3.05, 3.63) is 11.8 Å². The molecule has 0 bridgehead atoms. The molecule has 0 spiro atoms. The molecule has 0 aromatic heterocycles. The SMILES string of the molecule is CC1CCN(CC2=CN(C)N(C)C2)CC1. The second kappa shape index (κ2) is 4.54. The molecule has 2 aliphatic rings. The number of rotatable bonds is 2. The second-order valence-electron chi connectivity index (χ2n) is 5.14. The van der Waals surface area contributed by atoms with Crippen LogP contribution in [0.1, 0.15) is 19.8 Å². The van der Waals surface area contributed by atoms with Gasteiger partial charge in [0.05, 0.1) is 0 Å². The van der Waals surface area contributed by atoms with E-state index in [0.717, 1.165) is 12.5 Å². The van der Waals surface area contributed by atoms with Crippen molar-refractivity contribution in [1.29, 1.82) is 0 Å². The molecule has 0 aliphatic carbocycles. The highest BCUT2D eigenvalue weighted by Crippen LogP contribution is 2.19. The molecule has 0 unspecified atom stereocenters. The van der Waals surface area contributed by atoms with Gasteiger partial charge < -0.3 is 5.01 Å². The van der Waals surface area contributed by atoms with E-state index in [4.69, 9.17) is 0 Å². The van der Waals surface area contributed by atoms with Crippen molar-refractivity contribution in [2.75, 3.05) is 40.3 Å². The highest BCUT2D eigenvalue weighted by molar-refractivity contribution is 5.10. The van der Waals surface area contributed by atoms with E-state index in [1.165, 1.54) is 32.5 Å². The van der Waals surface area contributed by atoms with Crippen LogP contribution in [0.15, 0.2) is 11.8 Å². The van der Waals surface area contributed by atoms with Gasteiger partial charge in [0.2, 0.25) is 0 Å². The zero-order valence-corrected chi connectivity index (χ0v) is 10.2. The summed E-state index contributed by atoms with van der Waals surface area (Å²) in [5.41, 5.74) is 1.55. The fourth-order valence-electron chi connectivity index (χ4n) is 2.41. The standard InChI is InChI=1S/C12H23N3/c1-11-4-6-15(7-5-11)10-12-8-13(2)14(3)9-12/h8,11H,4-7,9-10H2,1-3H3. The molecule has 0 atom stereocenters. The number of likely N-dealkylation sites (N-methyl/N-ethyl adjacent to an activating group) is 1. The molecule has 0 amide bonds. The average Bonchev–Trinajstić information content (AvgIpc) is 2.50. The fourth-order valence-corrected chi connectivity index (χ4v) is 2.41. The summed E-state index contributed by atoms with van der Waals surface area (Å²) in [7, 11) is 4.26. The molecule has 0 N–H and O–H groups in total. The van der Waals surface area contributed by atoms with Crippen molar-refractivity contribution in [1.82, 2.24) is 14.9 Å². The lowest BCUT2D eigenvalue weighted by molar-refractivity contribution is 0.115. The van der Waals surface area contributed by atoms with Gasteiger partial charge in [0.25, 0.3) is 0 Å². The number of hydrogen-bond donors (Lipinski definition) is 0.